The van der Waals surface area contributed by atoms with E-state index in [1.807, 2.05) is 6.92 Å². The van der Waals surface area contributed by atoms with Crippen molar-refractivity contribution in [3.05, 3.63) is 29.3 Å². The smallest absolute Gasteiger partial charge is 0.326 e. The van der Waals surface area contributed by atoms with E-state index in [4.69, 9.17) is 5.73 Å². The predicted molar refractivity (Wildman–Crippen MR) is 67.5 cm³/mol. The number of benzene rings is 1. The number of nitrogens with one attached hydrogen (secondary N) is 1. The molecule has 0 aliphatic carbocycles. The SMILES string of the molecule is CCCCC(=O)Nc1ccc(CN)cc1C(F)(F)F. The van der Waals surface area contributed by atoms with E-state index in [0.717, 1.165) is 12.5 Å². The Balaban J connectivity index is 2.96. The highest BCUT2D eigenvalue weighted by molar-refractivity contribution is 5.91. The highest BCUT2D eigenvalue weighted by Gasteiger charge is 2.34. The van der Waals surface area contributed by atoms with Crippen molar-refractivity contribution in [2.24, 2.45) is 5.73 Å². The Hall–Kier alpha value is -1.56. The Morgan fingerprint density at radius 1 is 1.37 bits per heavy atom. The van der Waals surface area contributed by atoms with Crippen molar-refractivity contribution in [3.63, 3.8) is 0 Å². The van der Waals surface area contributed by atoms with E-state index >= 15 is 0 Å². The summed E-state index contributed by atoms with van der Waals surface area (Å²) in [6.07, 6.45) is -2.84. The minimum atomic E-state index is -4.52. The van der Waals surface area contributed by atoms with Crippen molar-refractivity contribution in [2.45, 2.75) is 38.9 Å². The van der Waals surface area contributed by atoms with Gasteiger partial charge in [0.1, 0.15) is 0 Å². The van der Waals surface area contributed by atoms with Crippen LogP contribution in [-0.4, -0.2) is 5.91 Å². The van der Waals surface area contributed by atoms with Crippen LogP contribution in [0.3, 0.4) is 0 Å². The molecule has 0 unspecified atom stereocenters. The van der Waals surface area contributed by atoms with Crippen LogP contribution in [0.25, 0.3) is 0 Å². The third-order valence-electron chi connectivity index (χ3n) is 2.66. The first-order chi connectivity index (χ1) is 8.88. The molecule has 0 aliphatic heterocycles. The lowest BCUT2D eigenvalue weighted by Crippen LogP contribution is -2.17. The van der Waals surface area contributed by atoms with Gasteiger partial charge < -0.3 is 11.1 Å². The van der Waals surface area contributed by atoms with Gasteiger partial charge in [-0.05, 0) is 24.1 Å². The Labute approximate surface area is 110 Å². The predicted octanol–water partition coefficient (Wildman–Crippen LogP) is 3.29. The molecule has 0 fully saturated rings. The van der Waals surface area contributed by atoms with Gasteiger partial charge in [0, 0.05) is 13.0 Å². The molecule has 0 bridgehead atoms. The zero-order valence-electron chi connectivity index (χ0n) is 10.7. The molecule has 1 rings (SSSR count). The molecule has 0 saturated carbocycles. The van der Waals surface area contributed by atoms with E-state index in [2.05, 4.69) is 5.32 Å². The lowest BCUT2D eigenvalue weighted by atomic mass is 10.1. The summed E-state index contributed by atoms with van der Waals surface area (Å²) < 4.78 is 38.6. The first kappa shape index (κ1) is 15.5. The van der Waals surface area contributed by atoms with Gasteiger partial charge in [0.05, 0.1) is 11.3 Å². The van der Waals surface area contributed by atoms with E-state index in [1.54, 1.807) is 0 Å². The summed E-state index contributed by atoms with van der Waals surface area (Å²) in [5, 5.41) is 2.30. The fourth-order valence-electron chi connectivity index (χ4n) is 1.61. The van der Waals surface area contributed by atoms with E-state index < -0.39 is 17.6 Å². The fraction of sp³-hybridized carbons (Fsp3) is 0.462. The average molecular weight is 274 g/mol. The van der Waals surface area contributed by atoms with Crippen LogP contribution >= 0.6 is 0 Å². The Morgan fingerprint density at radius 2 is 2.05 bits per heavy atom. The average Bonchev–Trinajstić information content (AvgIpc) is 2.35. The van der Waals surface area contributed by atoms with Gasteiger partial charge in [-0.2, -0.15) is 13.2 Å². The van der Waals surface area contributed by atoms with Crippen molar-refractivity contribution in [2.75, 3.05) is 5.32 Å². The number of hydrogen-bond donors (Lipinski definition) is 2. The Kier molecular flexibility index (Phi) is 5.35. The van der Waals surface area contributed by atoms with Crippen LogP contribution in [0.4, 0.5) is 18.9 Å². The first-order valence-corrected chi connectivity index (χ1v) is 6.08. The minimum absolute atomic E-state index is 0.0210. The number of rotatable bonds is 5. The van der Waals surface area contributed by atoms with Crippen molar-refractivity contribution in [3.8, 4) is 0 Å². The second-order valence-electron chi connectivity index (χ2n) is 4.23. The molecule has 0 aliphatic rings. The van der Waals surface area contributed by atoms with Crippen molar-refractivity contribution in [1.82, 2.24) is 0 Å². The lowest BCUT2D eigenvalue weighted by molar-refractivity contribution is -0.137. The van der Waals surface area contributed by atoms with Crippen LogP contribution in [-0.2, 0) is 17.5 Å². The molecule has 1 aromatic carbocycles. The molecule has 0 radical (unpaired) electrons. The standard InChI is InChI=1S/C13H17F3N2O/c1-2-3-4-12(19)18-11-6-5-9(8-17)7-10(11)13(14,15)16/h5-7H,2-4,8,17H2,1H3,(H,18,19). The molecule has 1 amide bonds. The molecule has 0 saturated heterocycles. The highest BCUT2D eigenvalue weighted by Crippen LogP contribution is 2.35. The first-order valence-electron chi connectivity index (χ1n) is 6.08. The van der Waals surface area contributed by atoms with Crippen LogP contribution in [0.5, 0.6) is 0 Å². The van der Waals surface area contributed by atoms with Gasteiger partial charge in [0.15, 0.2) is 0 Å². The van der Waals surface area contributed by atoms with Crippen LogP contribution in [0.15, 0.2) is 18.2 Å². The highest BCUT2D eigenvalue weighted by atomic mass is 19.4. The zero-order chi connectivity index (χ0) is 14.5. The van der Waals surface area contributed by atoms with E-state index in [9.17, 15) is 18.0 Å². The van der Waals surface area contributed by atoms with E-state index in [-0.39, 0.29) is 18.7 Å². The summed E-state index contributed by atoms with van der Waals surface area (Å²) in [5.41, 5.74) is 4.62. The number of nitrogens with two attached hydrogens (primary N) is 1. The zero-order valence-corrected chi connectivity index (χ0v) is 10.7. The van der Waals surface area contributed by atoms with Crippen LogP contribution in [0, 0.1) is 0 Å². The molecule has 0 heterocycles. The van der Waals surface area contributed by atoms with Crippen LogP contribution < -0.4 is 11.1 Å². The number of hydrogen-bond acceptors (Lipinski definition) is 2. The number of amides is 1. The molecule has 0 aromatic heterocycles. The number of alkyl halides is 3. The van der Waals surface area contributed by atoms with Crippen LogP contribution in [0.2, 0.25) is 0 Å². The van der Waals surface area contributed by atoms with Crippen molar-refractivity contribution >= 4 is 11.6 Å². The molecular weight excluding hydrogens is 257 g/mol. The third-order valence-corrected chi connectivity index (χ3v) is 2.66. The molecule has 3 N–H and O–H groups in total. The molecule has 106 valence electrons. The summed E-state index contributed by atoms with van der Waals surface area (Å²) in [7, 11) is 0. The topological polar surface area (TPSA) is 55.1 Å². The van der Waals surface area contributed by atoms with Gasteiger partial charge >= 0.3 is 6.18 Å². The number of anilines is 1. The molecule has 3 nitrogen and oxygen atoms in total. The van der Waals surface area contributed by atoms with Gasteiger partial charge in [-0.15, -0.1) is 0 Å². The van der Waals surface area contributed by atoms with Gasteiger partial charge in [0.2, 0.25) is 5.91 Å². The van der Waals surface area contributed by atoms with Gasteiger partial charge in [-0.25, -0.2) is 0 Å². The second kappa shape index (κ2) is 6.56. The normalized spacial score (nSPS) is 11.4. The molecule has 1 aromatic rings. The molecule has 0 spiro atoms. The van der Waals surface area contributed by atoms with Gasteiger partial charge in [-0.3, -0.25) is 4.79 Å². The van der Waals surface area contributed by atoms with E-state index in [0.29, 0.717) is 12.0 Å². The van der Waals surface area contributed by atoms with Crippen LogP contribution in [0.1, 0.15) is 37.3 Å². The quantitative estimate of drug-likeness (QED) is 0.865. The summed E-state index contributed by atoms with van der Waals surface area (Å²) in [4.78, 5) is 11.5. The fourth-order valence-corrected chi connectivity index (χ4v) is 1.61. The summed E-state index contributed by atoms with van der Waals surface area (Å²) in [6, 6.07) is 3.69. The molecule has 0 atom stereocenters. The lowest BCUT2D eigenvalue weighted by Gasteiger charge is -2.15. The number of halogens is 3. The second-order valence-corrected chi connectivity index (χ2v) is 4.23. The molecule has 19 heavy (non-hydrogen) atoms. The number of carbonyl (C=O) groups excluding carboxylic acids is 1. The third kappa shape index (κ3) is 4.55. The summed E-state index contributed by atoms with van der Waals surface area (Å²) >= 11 is 0. The molecule has 6 heteroatoms. The van der Waals surface area contributed by atoms with Crippen molar-refractivity contribution in [1.29, 1.82) is 0 Å². The Bertz CT molecular complexity index is 444. The Morgan fingerprint density at radius 3 is 2.58 bits per heavy atom. The monoisotopic (exact) mass is 274 g/mol. The summed E-state index contributed by atoms with van der Waals surface area (Å²) in [5.74, 6) is -0.409. The van der Waals surface area contributed by atoms with Gasteiger partial charge in [-0.1, -0.05) is 19.4 Å². The maximum atomic E-state index is 12.9. The van der Waals surface area contributed by atoms with Gasteiger partial charge in [0.25, 0.3) is 0 Å². The summed E-state index contributed by atoms with van der Waals surface area (Å²) in [6.45, 7) is 1.93. The number of carbonyl (C=O) groups is 1. The number of unbranched alkanes of at least 4 members (excludes halogenated alkanes) is 1. The minimum Gasteiger partial charge on any atom is -0.326 e. The maximum Gasteiger partial charge on any atom is 0.418 e. The maximum absolute atomic E-state index is 12.9. The largest absolute Gasteiger partial charge is 0.418 e. The van der Waals surface area contributed by atoms with E-state index in [1.165, 1.54) is 12.1 Å². The van der Waals surface area contributed by atoms with Crippen molar-refractivity contribution < 1.29 is 18.0 Å². The molecular formula is C13H17F3N2O.